The second kappa shape index (κ2) is 5.21. The van der Waals surface area contributed by atoms with Gasteiger partial charge in [-0.3, -0.25) is 9.48 Å². The number of hydrogen-bond donors (Lipinski definition) is 0. The average Bonchev–Trinajstić information content (AvgIpc) is 3.05. The van der Waals surface area contributed by atoms with Crippen LogP contribution in [0.2, 0.25) is 0 Å². The number of rotatable bonds is 3. The maximum atomic E-state index is 12.8. The quantitative estimate of drug-likeness (QED) is 0.710. The molecule has 0 aliphatic heterocycles. The first-order chi connectivity index (χ1) is 10.5. The molecule has 0 aliphatic rings. The standard InChI is InChI=1S/C14H17N7O/c1-9-5-10(11-6-16-21(4)13(11)17-9)14(22)19(2)7-12-18-15-8-20(12)3/h5-6,8H,7H2,1-4H3. The third-order valence-electron chi connectivity index (χ3n) is 3.59. The molecule has 1 amide bonds. The highest BCUT2D eigenvalue weighted by Gasteiger charge is 2.19. The van der Waals surface area contributed by atoms with E-state index in [1.807, 2.05) is 21.0 Å². The van der Waals surface area contributed by atoms with Crippen LogP contribution in [0.15, 0.2) is 18.6 Å². The van der Waals surface area contributed by atoms with Crippen LogP contribution >= 0.6 is 0 Å². The predicted octanol–water partition coefficient (Wildman–Crippen LogP) is 0.677. The molecule has 3 aromatic rings. The van der Waals surface area contributed by atoms with E-state index >= 15 is 0 Å². The number of aryl methyl sites for hydroxylation is 3. The van der Waals surface area contributed by atoms with E-state index in [1.165, 1.54) is 0 Å². The van der Waals surface area contributed by atoms with Gasteiger partial charge in [-0.2, -0.15) is 5.10 Å². The molecule has 8 nitrogen and oxygen atoms in total. The fourth-order valence-electron chi connectivity index (χ4n) is 2.36. The summed E-state index contributed by atoms with van der Waals surface area (Å²) >= 11 is 0. The van der Waals surface area contributed by atoms with Gasteiger partial charge in [0.25, 0.3) is 5.91 Å². The second-order valence-electron chi connectivity index (χ2n) is 5.34. The van der Waals surface area contributed by atoms with Crippen molar-refractivity contribution >= 4 is 16.9 Å². The number of carbonyl (C=O) groups excluding carboxylic acids is 1. The summed E-state index contributed by atoms with van der Waals surface area (Å²) in [6.45, 7) is 2.25. The van der Waals surface area contributed by atoms with Gasteiger partial charge in [0.15, 0.2) is 11.5 Å². The van der Waals surface area contributed by atoms with E-state index in [-0.39, 0.29) is 5.91 Å². The molecular weight excluding hydrogens is 282 g/mol. The fourth-order valence-corrected chi connectivity index (χ4v) is 2.36. The van der Waals surface area contributed by atoms with E-state index < -0.39 is 0 Å². The van der Waals surface area contributed by atoms with Crippen LogP contribution in [-0.4, -0.2) is 47.4 Å². The minimum Gasteiger partial charge on any atom is -0.334 e. The molecule has 0 unspecified atom stereocenters. The summed E-state index contributed by atoms with van der Waals surface area (Å²) in [4.78, 5) is 18.8. The van der Waals surface area contributed by atoms with Crippen molar-refractivity contribution in [2.75, 3.05) is 7.05 Å². The Balaban J connectivity index is 1.96. The lowest BCUT2D eigenvalue weighted by Gasteiger charge is -2.17. The summed E-state index contributed by atoms with van der Waals surface area (Å²) in [5.74, 6) is 0.635. The molecule has 0 spiro atoms. The van der Waals surface area contributed by atoms with Crippen molar-refractivity contribution in [3.05, 3.63) is 35.7 Å². The normalized spacial score (nSPS) is 11.1. The second-order valence-corrected chi connectivity index (χ2v) is 5.34. The monoisotopic (exact) mass is 299 g/mol. The zero-order chi connectivity index (χ0) is 15.9. The summed E-state index contributed by atoms with van der Waals surface area (Å²) in [7, 11) is 5.41. The lowest BCUT2D eigenvalue weighted by molar-refractivity contribution is 0.0782. The number of hydrogen-bond acceptors (Lipinski definition) is 5. The Hall–Kier alpha value is -2.77. The molecule has 0 aromatic carbocycles. The molecule has 3 aromatic heterocycles. The number of carbonyl (C=O) groups is 1. The predicted molar refractivity (Wildman–Crippen MR) is 80.0 cm³/mol. The van der Waals surface area contributed by atoms with Crippen molar-refractivity contribution in [2.45, 2.75) is 13.5 Å². The SMILES string of the molecule is Cc1cc(C(=O)N(C)Cc2nncn2C)c2cnn(C)c2n1. The maximum absolute atomic E-state index is 12.8. The molecule has 22 heavy (non-hydrogen) atoms. The molecule has 0 atom stereocenters. The minimum atomic E-state index is -0.0912. The van der Waals surface area contributed by atoms with Gasteiger partial charge in [0.1, 0.15) is 6.33 Å². The Morgan fingerprint density at radius 1 is 1.36 bits per heavy atom. The van der Waals surface area contributed by atoms with Gasteiger partial charge in [-0.05, 0) is 13.0 Å². The van der Waals surface area contributed by atoms with Crippen LogP contribution in [-0.2, 0) is 20.6 Å². The lowest BCUT2D eigenvalue weighted by Crippen LogP contribution is -2.27. The smallest absolute Gasteiger partial charge is 0.254 e. The number of nitrogens with zero attached hydrogens (tertiary/aromatic N) is 7. The Labute approximate surface area is 127 Å². The number of amides is 1. The number of aromatic nitrogens is 6. The van der Waals surface area contributed by atoms with Gasteiger partial charge in [-0.1, -0.05) is 0 Å². The van der Waals surface area contributed by atoms with Crippen LogP contribution < -0.4 is 0 Å². The Bertz CT molecular complexity index is 848. The summed E-state index contributed by atoms with van der Waals surface area (Å²) in [5.41, 5.74) is 2.09. The highest BCUT2D eigenvalue weighted by molar-refractivity contribution is 6.05. The van der Waals surface area contributed by atoms with Crippen LogP contribution in [0, 0.1) is 6.92 Å². The van der Waals surface area contributed by atoms with Gasteiger partial charge in [0, 0.05) is 26.8 Å². The fraction of sp³-hybridized carbons (Fsp3) is 0.357. The average molecular weight is 299 g/mol. The molecule has 0 radical (unpaired) electrons. The molecule has 8 heteroatoms. The molecule has 114 valence electrons. The molecule has 0 saturated carbocycles. The van der Waals surface area contributed by atoms with E-state index in [0.29, 0.717) is 17.8 Å². The molecule has 0 bridgehead atoms. The van der Waals surface area contributed by atoms with E-state index in [0.717, 1.165) is 16.9 Å². The van der Waals surface area contributed by atoms with Crippen LogP contribution in [0.1, 0.15) is 21.9 Å². The molecule has 3 heterocycles. The molecule has 0 aliphatic carbocycles. The topological polar surface area (TPSA) is 81.7 Å². The zero-order valence-corrected chi connectivity index (χ0v) is 13.0. The minimum absolute atomic E-state index is 0.0912. The summed E-state index contributed by atoms with van der Waals surface area (Å²) < 4.78 is 3.46. The first-order valence-electron chi connectivity index (χ1n) is 6.85. The van der Waals surface area contributed by atoms with Crippen LogP contribution in [0.25, 0.3) is 11.0 Å². The third-order valence-corrected chi connectivity index (χ3v) is 3.59. The van der Waals surface area contributed by atoms with Gasteiger partial charge in [0.2, 0.25) is 0 Å². The van der Waals surface area contributed by atoms with Gasteiger partial charge in [-0.15, -0.1) is 10.2 Å². The van der Waals surface area contributed by atoms with Crippen molar-refractivity contribution in [2.24, 2.45) is 14.1 Å². The van der Waals surface area contributed by atoms with Gasteiger partial charge >= 0.3 is 0 Å². The largest absolute Gasteiger partial charge is 0.334 e. The van der Waals surface area contributed by atoms with E-state index in [9.17, 15) is 4.79 Å². The van der Waals surface area contributed by atoms with Crippen LogP contribution in [0.3, 0.4) is 0 Å². The lowest BCUT2D eigenvalue weighted by atomic mass is 10.1. The van der Waals surface area contributed by atoms with Crippen molar-refractivity contribution in [1.29, 1.82) is 0 Å². The zero-order valence-electron chi connectivity index (χ0n) is 13.0. The van der Waals surface area contributed by atoms with Crippen LogP contribution in [0.4, 0.5) is 0 Å². The first-order valence-corrected chi connectivity index (χ1v) is 6.85. The Morgan fingerprint density at radius 2 is 2.14 bits per heavy atom. The van der Waals surface area contributed by atoms with E-state index in [4.69, 9.17) is 0 Å². The van der Waals surface area contributed by atoms with Crippen molar-refractivity contribution < 1.29 is 4.79 Å². The van der Waals surface area contributed by atoms with Crippen molar-refractivity contribution in [3.8, 4) is 0 Å². The number of pyridine rings is 1. The molecular formula is C14H17N7O. The van der Waals surface area contributed by atoms with Gasteiger partial charge in [0.05, 0.1) is 23.7 Å². The van der Waals surface area contributed by atoms with E-state index in [2.05, 4.69) is 20.3 Å². The Morgan fingerprint density at radius 3 is 2.82 bits per heavy atom. The van der Waals surface area contributed by atoms with Gasteiger partial charge < -0.3 is 9.47 Å². The summed E-state index contributed by atoms with van der Waals surface area (Å²) in [6, 6.07) is 1.79. The van der Waals surface area contributed by atoms with Crippen molar-refractivity contribution in [3.63, 3.8) is 0 Å². The van der Waals surface area contributed by atoms with E-state index in [1.54, 1.807) is 39.8 Å². The highest BCUT2D eigenvalue weighted by Crippen LogP contribution is 2.19. The third kappa shape index (κ3) is 2.32. The van der Waals surface area contributed by atoms with Crippen molar-refractivity contribution in [1.82, 2.24) is 34.4 Å². The van der Waals surface area contributed by atoms with Crippen LogP contribution in [0.5, 0.6) is 0 Å². The van der Waals surface area contributed by atoms with Gasteiger partial charge in [-0.25, -0.2) is 4.98 Å². The maximum Gasteiger partial charge on any atom is 0.254 e. The molecule has 0 N–H and O–H groups in total. The Kier molecular flexibility index (Phi) is 3.36. The highest BCUT2D eigenvalue weighted by atomic mass is 16.2. The first kappa shape index (κ1) is 14.2. The molecule has 3 rings (SSSR count). The summed E-state index contributed by atoms with van der Waals surface area (Å²) in [6.07, 6.45) is 3.29. The molecule has 0 saturated heterocycles. The summed E-state index contributed by atoms with van der Waals surface area (Å²) in [5, 5.41) is 12.8. The molecule has 0 fully saturated rings. The number of fused-ring (bicyclic) bond motifs is 1.